The molecule has 0 aliphatic carbocycles. The van der Waals surface area contributed by atoms with Gasteiger partial charge in [0, 0.05) is 25.9 Å². The average Bonchev–Trinajstić information content (AvgIpc) is 2.99. The van der Waals surface area contributed by atoms with E-state index in [1.165, 1.54) is 154 Å². The molecule has 0 saturated carbocycles. The average molecular weight is 594 g/mol. The Hall–Kier alpha value is -1.10. The molecule has 0 heterocycles. The van der Waals surface area contributed by atoms with E-state index in [0.29, 0.717) is 26.1 Å². The van der Waals surface area contributed by atoms with Crippen LogP contribution in [0.1, 0.15) is 200 Å². The molecule has 250 valence electrons. The molecule has 5 heteroatoms. The van der Waals surface area contributed by atoms with Crippen LogP contribution in [0.2, 0.25) is 0 Å². The summed E-state index contributed by atoms with van der Waals surface area (Å²) in [5, 5.41) is 6.10. The molecule has 0 bridgehead atoms. The lowest BCUT2D eigenvalue weighted by Crippen LogP contribution is -2.36. The van der Waals surface area contributed by atoms with Crippen LogP contribution in [0.4, 0.5) is 0 Å². The number of unbranched alkanes of at least 4 members (excludes halogenated alkanes) is 24. The summed E-state index contributed by atoms with van der Waals surface area (Å²) in [4.78, 5) is 26.4. The zero-order valence-electron chi connectivity index (χ0n) is 28.9. The van der Waals surface area contributed by atoms with Crippen molar-refractivity contribution in [1.29, 1.82) is 0 Å². The van der Waals surface area contributed by atoms with Gasteiger partial charge in [-0.2, -0.15) is 0 Å². The Kier molecular flexibility index (Phi) is 33.5. The molecule has 42 heavy (non-hydrogen) atoms. The summed E-state index contributed by atoms with van der Waals surface area (Å²) in [6.45, 7) is 6.73. The minimum atomic E-state index is 0.163. The van der Waals surface area contributed by atoms with Gasteiger partial charge in [0.05, 0.1) is 6.67 Å². The molecule has 0 radical (unpaired) electrons. The Balaban J connectivity index is 3.37. The van der Waals surface area contributed by atoms with Crippen molar-refractivity contribution in [2.75, 3.05) is 26.8 Å². The third-order valence-electron chi connectivity index (χ3n) is 8.60. The normalized spacial score (nSPS) is 11.3. The summed E-state index contributed by atoms with van der Waals surface area (Å²) in [5.74, 6) is 0.350. The summed E-state index contributed by atoms with van der Waals surface area (Å²) < 4.78 is 0. The Morgan fingerprint density at radius 3 is 1.10 bits per heavy atom. The number of nitrogens with zero attached hydrogens (tertiary/aromatic N) is 1. The molecule has 0 aliphatic heterocycles. The van der Waals surface area contributed by atoms with Gasteiger partial charge >= 0.3 is 0 Å². The number of carbonyl (C=O) groups excluding carboxylic acids is 2. The Labute approximate surface area is 263 Å². The lowest BCUT2D eigenvalue weighted by atomic mass is 10.0. The van der Waals surface area contributed by atoms with Gasteiger partial charge < -0.3 is 10.6 Å². The van der Waals surface area contributed by atoms with Crippen LogP contribution in [0.15, 0.2) is 0 Å². The van der Waals surface area contributed by atoms with Crippen LogP contribution in [0, 0.1) is 0 Å². The molecule has 2 N–H and O–H groups in total. The summed E-state index contributed by atoms with van der Waals surface area (Å²) >= 11 is 0. The van der Waals surface area contributed by atoms with E-state index >= 15 is 0 Å². The Bertz CT molecular complexity index is 569. The summed E-state index contributed by atoms with van der Waals surface area (Å²) in [6, 6.07) is 0. The van der Waals surface area contributed by atoms with Gasteiger partial charge in [-0.1, -0.05) is 168 Å². The summed E-state index contributed by atoms with van der Waals surface area (Å²) in [7, 11) is 2.03. The highest BCUT2D eigenvalue weighted by molar-refractivity contribution is 5.76. The lowest BCUT2D eigenvalue weighted by Gasteiger charge is -2.17. The highest BCUT2D eigenvalue weighted by atomic mass is 16.2. The zero-order valence-corrected chi connectivity index (χ0v) is 28.9. The Morgan fingerprint density at radius 2 is 0.738 bits per heavy atom. The van der Waals surface area contributed by atoms with Crippen LogP contribution in [-0.2, 0) is 9.59 Å². The molecule has 0 atom stereocenters. The minimum absolute atomic E-state index is 0.163. The largest absolute Gasteiger partial charge is 0.356 e. The van der Waals surface area contributed by atoms with E-state index in [4.69, 9.17) is 0 Å². The van der Waals surface area contributed by atoms with Crippen LogP contribution < -0.4 is 10.6 Å². The van der Waals surface area contributed by atoms with Gasteiger partial charge in [-0.05, 0) is 26.3 Å². The number of rotatable bonds is 34. The van der Waals surface area contributed by atoms with Gasteiger partial charge in [0.25, 0.3) is 0 Å². The predicted octanol–water partition coefficient (Wildman–Crippen LogP) is 10.5. The second kappa shape index (κ2) is 34.4. The van der Waals surface area contributed by atoms with Crippen molar-refractivity contribution in [2.45, 2.75) is 200 Å². The number of amides is 2. The zero-order chi connectivity index (χ0) is 30.8. The molecule has 0 aromatic rings. The predicted molar refractivity (Wildman–Crippen MR) is 184 cm³/mol. The molecule has 0 spiro atoms. The molecular weight excluding hydrogens is 518 g/mol. The van der Waals surface area contributed by atoms with E-state index in [0.717, 1.165) is 25.8 Å². The Morgan fingerprint density at radius 1 is 0.429 bits per heavy atom. The van der Waals surface area contributed by atoms with Crippen molar-refractivity contribution in [2.24, 2.45) is 0 Å². The van der Waals surface area contributed by atoms with Crippen LogP contribution in [-0.4, -0.2) is 43.5 Å². The molecule has 0 aliphatic rings. The first-order valence-corrected chi connectivity index (χ1v) is 18.8. The maximum absolute atomic E-state index is 12.1. The second-order valence-corrected chi connectivity index (χ2v) is 13.0. The maximum Gasteiger partial charge on any atom is 0.220 e. The quantitative estimate of drug-likeness (QED) is 0.0576. The molecule has 0 aromatic carbocycles. The molecule has 0 saturated heterocycles. The van der Waals surface area contributed by atoms with Crippen molar-refractivity contribution in [1.82, 2.24) is 15.5 Å². The van der Waals surface area contributed by atoms with Crippen molar-refractivity contribution in [3.05, 3.63) is 0 Å². The number of carbonyl (C=O) groups is 2. The third-order valence-corrected chi connectivity index (χ3v) is 8.60. The molecule has 0 rings (SSSR count). The van der Waals surface area contributed by atoms with Crippen LogP contribution >= 0.6 is 0 Å². The first-order valence-electron chi connectivity index (χ1n) is 18.8. The topological polar surface area (TPSA) is 61.4 Å². The third kappa shape index (κ3) is 33.4. The summed E-state index contributed by atoms with van der Waals surface area (Å²) in [5.41, 5.74) is 0. The van der Waals surface area contributed by atoms with Gasteiger partial charge in [-0.25, -0.2) is 0 Å². The van der Waals surface area contributed by atoms with Gasteiger partial charge in [0.1, 0.15) is 0 Å². The first-order chi connectivity index (χ1) is 20.6. The van der Waals surface area contributed by atoms with Crippen molar-refractivity contribution >= 4 is 11.8 Å². The molecule has 0 aromatic heterocycles. The van der Waals surface area contributed by atoms with Gasteiger partial charge in [0.15, 0.2) is 0 Å². The smallest absolute Gasteiger partial charge is 0.220 e. The minimum Gasteiger partial charge on any atom is -0.356 e. The van der Waals surface area contributed by atoms with E-state index in [9.17, 15) is 9.59 Å². The van der Waals surface area contributed by atoms with Crippen LogP contribution in [0.5, 0.6) is 0 Å². The van der Waals surface area contributed by atoms with E-state index in [-0.39, 0.29) is 11.8 Å². The fourth-order valence-corrected chi connectivity index (χ4v) is 5.66. The first kappa shape index (κ1) is 40.9. The SMILES string of the molecule is CCCCCCCCCCCCCCCC(=O)NCCCN(C)CNC(=O)CCCCCCCCCCCCCCC. The monoisotopic (exact) mass is 594 g/mol. The van der Waals surface area contributed by atoms with Gasteiger partial charge in [-0.3, -0.25) is 14.5 Å². The number of hydrogen-bond acceptors (Lipinski definition) is 3. The highest BCUT2D eigenvalue weighted by Gasteiger charge is 2.05. The summed E-state index contributed by atoms with van der Waals surface area (Å²) in [6.07, 6.45) is 36.8. The number of nitrogens with one attached hydrogen (secondary N) is 2. The molecule has 0 unspecified atom stereocenters. The standard InChI is InChI=1S/C37H75N3O2/c1-4-6-8-10-12-14-16-18-20-22-24-26-28-31-36(41)38-33-30-34-40(3)35-39-37(42)32-29-27-25-23-21-19-17-15-13-11-9-7-5-2/h4-35H2,1-3H3,(H,38,41)(H,39,42). The maximum atomic E-state index is 12.1. The van der Waals surface area contributed by atoms with Crippen molar-refractivity contribution in [3.63, 3.8) is 0 Å². The van der Waals surface area contributed by atoms with Crippen molar-refractivity contribution < 1.29 is 9.59 Å². The van der Waals surface area contributed by atoms with Gasteiger partial charge in [-0.15, -0.1) is 0 Å². The van der Waals surface area contributed by atoms with Crippen LogP contribution in [0.3, 0.4) is 0 Å². The van der Waals surface area contributed by atoms with E-state index in [1.807, 2.05) is 7.05 Å². The van der Waals surface area contributed by atoms with E-state index < -0.39 is 0 Å². The van der Waals surface area contributed by atoms with Crippen LogP contribution in [0.25, 0.3) is 0 Å². The molecule has 0 fully saturated rings. The molecule has 5 nitrogen and oxygen atoms in total. The molecular formula is C37H75N3O2. The second-order valence-electron chi connectivity index (χ2n) is 13.0. The fourth-order valence-electron chi connectivity index (χ4n) is 5.66. The molecule has 2 amide bonds. The highest BCUT2D eigenvalue weighted by Crippen LogP contribution is 2.14. The van der Waals surface area contributed by atoms with Crippen molar-refractivity contribution in [3.8, 4) is 0 Å². The lowest BCUT2D eigenvalue weighted by molar-refractivity contribution is -0.122. The van der Waals surface area contributed by atoms with E-state index in [2.05, 4.69) is 29.4 Å². The number of hydrogen-bond donors (Lipinski definition) is 2. The fraction of sp³-hybridized carbons (Fsp3) is 0.946. The van der Waals surface area contributed by atoms with Gasteiger partial charge in [0.2, 0.25) is 11.8 Å². The van der Waals surface area contributed by atoms with E-state index in [1.54, 1.807) is 0 Å².